The van der Waals surface area contributed by atoms with Crippen LogP contribution >= 0.6 is 11.6 Å². The van der Waals surface area contributed by atoms with E-state index in [9.17, 15) is 14.9 Å². The molecule has 1 aliphatic heterocycles. The lowest BCUT2D eigenvalue weighted by molar-refractivity contribution is -0.384. The highest BCUT2D eigenvalue weighted by molar-refractivity contribution is 6.32. The number of ether oxygens (including phenoxy) is 1. The van der Waals surface area contributed by atoms with Crippen molar-refractivity contribution in [1.29, 1.82) is 0 Å². The Balaban J connectivity index is 1.86. The predicted octanol–water partition coefficient (Wildman–Crippen LogP) is 5.65. The number of benzene rings is 3. The molecule has 1 aliphatic rings. The van der Waals surface area contributed by atoms with Crippen molar-refractivity contribution in [1.82, 2.24) is 0 Å². The van der Waals surface area contributed by atoms with E-state index in [-0.39, 0.29) is 16.5 Å². The second-order valence-electron chi connectivity index (χ2n) is 6.30. The van der Waals surface area contributed by atoms with Gasteiger partial charge < -0.3 is 4.74 Å². The zero-order valence-electron chi connectivity index (χ0n) is 14.5. The fourth-order valence-corrected chi connectivity index (χ4v) is 3.36. The molecule has 0 fully saturated rings. The molecule has 1 heterocycles. The van der Waals surface area contributed by atoms with Gasteiger partial charge in [-0.2, -0.15) is 0 Å². The fraction of sp³-hybridized carbons (Fsp3) is 0.0455. The van der Waals surface area contributed by atoms with Gasteiger partial charge in [-0.05, 0) is 35.4 Å². The Bertz CT molecular complexity index is 1110. The van der Waals surface area contributed by atoms with Gasteiger partial charge in [0.25, 0.3) is 5.69 Å². The van der Waals surface area contributed by atoms with Crippen LogP contribution < -0.4 is 4.74 Å². The molecule has 5 nitrogen and oxygen atoms in total. The number of carbonyl (C=O) groups excluding carboxylic acids is 1. The van der Waals surface area contributed by atoms with Crippen molar-refractivity contribution in [2.24, 2.45) is 0 Å². The second-order valence-corrected chi connectivity index (χ2v) is 6.71. The van der Waals surface area contributed by atoms with E-state index in [1.807, 2.05) is 36.4 Å². The molecule has 4 rings (SSSR count). The second kappa shape index (κ2) is 7.29. The van der Waals surface area contributed by atoms with Gasteiger partial charge in [0, 0.05) is 11.6 Å². The van der Waals surface area contributed by atoms with E-state index < -0.39 is 11.0 Å². The van der Waals surface area contributed by atoms with Crippen LogP contribution in [0.25, 0.3) is 6.08 Å². The van der Waals surface area contributed by atoms with Gasteiger partial charge in [0.15, 0.2) is 11.9 Å². The monoisotopic (exact) mass is 391 g/mol. The van der Waals surface area contributed by atoms with E-state index >= 15 is 0 Å². The van der Waals surface area contributed by atoms with E-state index in [2.05, 4.69) is 0 Å². The number of nitro benzene ring substituents is 1. The van der Waals surface area contributed by atoms with E-state index in [0.717, 1.165) is 5.56 Å². The predicted molar refractivity (Wildman–Crippen MR) is 107 cm³/mol. The first-order valence-corrected chi connectivity index (χ1v) is 8.93. The number of para-hydroxylation sites is 1. The van der Waals surface area contributed by atoms with Crippen molar-refractivity contribution >= 4 is 29.1 Å². The van der Waals surface area contributed by atoms with Crippen LogP contribution in [0.2, 0.25) is 5.02 Å². The van der Waals surface area contributed by atoms with E-state index in [1.165, 1.54) is 12.1 Å². The summed E-state index contributed by atoms with van der Waals surface area (Å²) >= 11 is 5.90. The van der Waals surface area contributed by atoms with E-state index in [4.69, 9.17) is 16.3 Å². The first-order chi connectivity index (χ1) is 13.5. The minimum absolute atomic E-state index is 0.0447. The van der Waals surface area contributed by atoms with Crippen molar-refractivity contribution in [3.63, 3.8) is 0 Å². The number of ketones is 1. The zero-order valence-corrected chi connectivity index (χ0v) is 15.3. The molecule has 1 unspecified atom stereocenters. The van der Waals surface area contributed by atoms with E-state index in [1.54, 1.807) is 30.3 Å². The summed E-state index contributed by atoms with van der Waals surface area (Å²) in [6.45, 7) is 0. The molecule has 0 saturated carbocycles. The molecule has 0 radical (unpaired) electrons. The summed E-state index contributed by atoms with van der Waals surface area (Å²) in [5.74, 6) is 0.342. The minimum Gasteiger partial charge on any atom is -0.480 e. The molecule has 3 aromatic carbocycles. The Morgan fingerprint density at radius 3 is 2.46 bits per heavy atom. The molecule has 0 aliphatic carbocycles. The fourth-order valence-electron chi connectivity index (χ4n) is 3.18. The smallest absolute Gasteiger partial charge is 0.288 e. The van der Waals surface area contributed by atoms with Gasteiger partial charge in [-0.3, -0.25) is 14.9 Å². The summed E-state index contributed by atoms with van der Waals surface area (Å²) < 4.78 is 6.13. The standard InChI is InChI=1S/C22H14ClNO4/c23-18-11-10-14(13-19(18)24(26)27)12-17-21(25)16-8-4-5-9-20(16)28-22(17)15-6-2-1-3-7-15/h1-13,22H/b17-12-. The Kier molecular flexibility index (Phi) is 4.67. The number of hydrogen-bond acceptors (Lipinski definition) is 4. The highest BCUT2D eigenvalue weighted by Crippen LogP contribution is 2.39. The number of Topliss-reactive ketones (excluding diaryl/α,β-unsaturated/α-hetero) is 1. The first-order valence-electron chi connectivity index (χ1n) is 8.55. The molecule has 0 N–H and O–H groups in total. The molecular formula is C22H14ClNO4. The normalized spacial score (nSPS) is 17.1. The molecule has 0 saturated heterocycles. The van der Waals surface area contributed by atoms with Crippen LogP contribution in [-0.2, 0) is 0 Å². The third-order valence-corrected chi connectivity index (χ3v) is 4.83. The summed E-state index contributed by atoms with van der Waals surface area (Å²) in [4.78, 5) is 23.8. The molecule has 28 heavy (non-hydrogen) atoms. The Labute approximate surface area is 166 Å². The topological polar surface area (TPSA) is 69.4 Å². The molecule has 138 valence electrons. The molecular weight excluding hydrogens is 378 g/mol. The van der Waals surface area contributed by atoms with Crippen LogP contribution in [0.3, 0.4) is 0 Å². The minimum atomic E-state index is -0.613. The maximum absolute atomic E-state index is 13.2. The van der Waals surface area contributed by atoms with Gasteiger partial charge in [-0.15, -0.1) is 0 Å². The number of rotatable bonds is 3. The van der Waals surface area contributed by atoms with Crippen LogP contribution in [0.4, 0.5) is 5.69 Å². The molecule has 6 heteroatoms. The molecule has 0 aromatic heterocycles. The summed E-state index contributed by atoms with van der Waals surface area (Å²) in [6, 6.07) is 20.9. The lowest BCUT2D eigenvalue weighted by Gasteiger charge is -2.28. The number of nitro groups is 1. The van der Waals surface area contributed by atoms with Crippen LogP contribution in [0, 0.1) is 10.1 Å². The van der Waals surface area contributed by atoms with Crippen molar-refractivity contribution in [3.05, 3.63) is 110 Å². The Hall–Kier alpha value is -3.44. The Morgan fingerprint density at radius 2 is 1.71 bits per heavy atom. The largest absolute Gasteiger partial charge is 0.480 e. The van der Waals surface area contributed by atoms with E-state index in [0.29, 0.717) is 22.4 Å². The first kappa shape index (κ1) is 17.9. The summed E-state index contributed by atoms with van der Waals surface area (Å²) in [5, 5.41) is 11.2. The van der Waals surface area contributed by atoms with Crippen LogP contribution in [-0.4, -0.2) is 10.7 Å². The molecule has 0 bridgehead atoms. The van der Waals surface area contributed by atoms with Crippen LogP contribution in [0.1, 0.15) is 27.6 Å². The third-order valence-electron chi connectivity index (χ3n) is 4.51. The molecule has 1 atom stereocenters. The summed E-state index contributed by atoms with van der Waals surface area (Å²) in [6.07, 6.45) is 1.01. The zero-order chi connectivity index (χ0) is 19.7. The quantitative estimate of drug-likeness (QED) is 0.328. The lowest BCUT2D eigenvalue weighted by atomic mass is 9.89. The van der Waals surface area contributed by atoms with Gasteiger partial charge >= 0.3 is 0 Å². The van der Waals surface area contributed by atoms with Crippen LogP contribution in [0.5, 0.6) is 5.75 Å². The van der Waals surface area contributed by atoms with Crippen molar-refractivity contribution < 1.29 is 14.5 Å². The van der Waals surface area contributed by atoms with Gasteiger partial charge in [0.05, 0.1) is 10.5 Å². The van der Waals surface area contributed by atoms with Gasteiger partial charge in [-0.25, -0.2) is 0 Å². The summed E-state index contributed by atoms with van der Waals surface area (Å²) in [5.41, 5.74) is 1.98. The van der Waals surface area contributed by atoms with Crippen LogP contribution in [0.15, 0.2) is 78.4 Å². The maximum Gasteiger partial charge on any atom is 0.288 e. The number of fused-ring (bicyclic) bond motifs is 1. The van der Waals surface area contributed by atoms with Gasteiger partial charge in [0.1, 0.15) is 10.8 Å². The Morgan fingerprint density at radius 1 is 1.00 bits per heavy atom. The van der Waals surface area contributed by atoms with Crippen molar-refractivity contribution in [2.45, 2.75) is 6.10 Å². The summed E-state index contributed by atoms with van der Waals surface area (Å²) in [7, 11) is 0. The number of carbonyl (C=O) groups is 1. The molecule has 3 aromatic rings. The molecule has 0 amide bonds. The molecule has 0 spiro atoms. The average molecular weight is 392 g/mol. The highest BCUT2D eigenvalue weighted by Gasteiger charge is 2.32. The van der Waals surface area contributed by atoms with Crippen molar-refractivity contribution in [2.75, 3.05) is 0 Å². The number of halogens is 1. The average Bonchev–Trinajstić information content (AvgIpc) is 2.71. The third kappa shape index (κ3) is 3.28. The van der Waals surface area contributed by atoms with Crippen molar-refractivity contribution in [3.8, 4) is 5.75 Å². The maximum atomic E-state index is 13.2. The highest BCUT2D eigenvalue weighted by atomic mass is 35.5. The SMILES string of the molecule is O=C1/C(=C/c2ccc(Cl)c([N+](=O)[O-])c2)C(c2ccccc2)Oc2ccccc21. The number of nitrogens with zero attached hydrogens (tertiary/aromatic N) is 1. The van der Waals surface area contributed by atoms with Gasteiger partial charge in [0.2, 0.25) is 0 Å². The van der Waals surface area contributed by atoms with Gasteiger partial charge in [-0.1, -0.05) is 60.1 Å². The number of hydrogen-bond donors (Lipinski definition) is 0. The lowest BCUT2D eigenvalue weighted by Crippen LogP contribution is -2.23.